The second-order valence-corrected chi connectivity index (χ2v) is 5.70. The second kappa shape index (κ2) is 5.88. The van der Waals surface area contributed by atoms with Crippen molar-refractivity contribution in [2.24, 2.45) is 0 Å². The minimum Gasteiger partial charge on any atom is -0.368 e. The van der Waals surface area contributed by atoms with Crippen molar-refractivity contribution in [2.45, 2.75) is 50.7 Å². The van der Waals surface area contributed by atoms with E-state index in [1.165, 1.54) is 32.1 Å². The van der Waals surface area contributed by atoms with Crippen LogP contribution in [0, 0.1) is 0 Å². The lowest BCUT2D eigenvalue weighted by Gasteiger charge is -2.38. The first-order valence-corrected chi connectivity index (χ1v) is 7.46. The Labute approximate surface area is 119 Å². The average Bonchev–Trinajstić information content (AvgIpc) is 2.92. The topological polar surface area (TPSA) is 106 Å². The van der Waals surface area contributed by atoms with Crippen LogP contribution < -0.4 is 16.8 Å². The zero-order valence-corrected chi connectivity index (χ0v) is 11.8. The summed E-state index contributed by atoms with van der Waals surface area (Å²) in [5.74, 6) is 1.10. The van der Waals surface area contributed by atoms with Crippen molar-refractivity contribution in [1.29, 1.82) is 0 Å². The summed E-state index contributed by atoms with van der Waals surface area (Å²) in [6, 6.07) is 1.18. The van der Waals surface area contributed by atoms with E-state index in [1.54, 1.807) is 0 Å². The molecule has 2 fully saturated rings. The minimum absolute atomic E-state index is 0.208. The summed E-state index contributed by atoms with van der Waals surface area (Å²) >= 11 is 0. The number of anilines is 2. The van der Waals surface area contributed by atoms with Gasteiger partial charge in [-0.2, -0.15) is 15.0 Å². The number of likely N-dealkylation sites (tertiary alicyclic amines) is 1. The van der Waals surface area contributed by atoms with E-state index < -0.39 is 0 Å². The van der Waals surface area contributed by atoms with Crippen LogP contribution in [-0.2, 0) is 6.54 Å². The molecule has 0 radical (unpaired) electrons. The van der Waals surface area contributed by atoms with Crippen LogP contribution >= 0.6 is 0 Å². The summed E-state index contributed by atoms with van der Waals surface area (Å²) < 4.78 is 0. The van der Waals surface area contributed by atoms with Gasteiger partial charge in [0.15, 0.2) is 0 Å². The highest BCUT2D eigenvalue weighted by molar-refractivity contribution is 5.25. The largest absolute Gasteiger partial charge is 0.368 e. The first-order valence-electron chi connectivity index (χ1n) is 7.46. The van der Waals surface area contributed by atoms with Crippen molar-refractivity contribution < 1.29 is 0 Å². The first kappa shape index (κ1) is 13.5. The van der Waals surface area contributed by atoms with Crippen molar-refractivity contribution in [1.82, 2.24) is 25.2 Å². The normalized spacial score (nSPS) is 27.8. The molecule has 110 valence electrons. The van der Waals surface area contributed by atoms with E-state index in [9.17, 15) is 0 Å². The predicted octanol–water partition coefficient (Wildman–Crippen LogP) is 0.142. The first-order chi connectivity index (χ1) is 9.72. The van der Waals surface area contributed by atoms with Crippen molar-refractivity contribution in [2.75, 3.05) is 24.6 Å². The van der Waals surface area contributed by atoms with Crippen molar-refractivity contribution >= 4 is 11.9 Å². The van der Waals surface area contributed by atoms with Crippen LogP contribution in [0.25, 0.3) is 0 Å². The lowest BCUT2D eigenvalue weighted by molar-refractivity contribution is 0.109. The van der Waals surface area contributed by atoms with Gasteiger partial charge in [-0.25, -0.2) is 0 Å². The summed E-state index contributed by atoms with van der Waals surface area (Å²) in [5, 5.41) is 3.62. The van der Waals surface area contributed by atoms with Gasteiger partial charge in [0.05, 0.1) is 6.54 Å². The Morgan fingerprint density at radius 3 is 2.55 bits per heavy atom. The highest BCUT2D eigenvalue weighted by atomic mass is 15.2. The SMILES string of the molecule is Nc1nc(N)nc(CN2CCCCC2C2CCCN2)n1. The number of piperidine rings is 1. The smallest absolute Gasteiger partial charge is 0.225 e. The Bertz CT molecular complexity index is 438. The summed E-state index contributed by atoms with van der Waals surface area (Å²) in [4.78, 5) is 14.7. The summed E-state index contributed by atoms with van der Waals surface area (Å²) in [6.45, 7) is 2.94. The second-order valence-electron chi connectivity index (χ2n) is 5.70. The number of nitrogens with zero attached hydrogens (tertiary/aromatic N) is 4. The Balaban J connectivity index is 1.72. The van der Waals surface area contributed by atoms with Crippen LogP contribution in [-0.4, -0.2) is 45.0 Å². The molecule has 3 heterocycles. The van der Waals surface area contributed by atoms with Gasteiger partial charge in [0.2, 0.25) is 11.9 Å². The van der Waals surface area contributed by atoms with E-state index in [2.05, 4.69) is 25.2 Å². The number of nitrogens with two attached hydrogens (primary N) is 2. The van der Waals surface area contributed by atoms with Gasteiger partial charge in [-0.15, -0.1) is 0 Å². The highest BCUT2D eigenvalue weighted by Crippen LogP contribution is 2.25. The molecule has 0 aliphatic carbocycles. The Morgan fingerprint density at radius 2 is 1.85 bits per heavy atom. The van der Waals surface area contributed by atoms with Gasteiger partial charge in [0, 0.05) is 12.1 Å². The molecule has 2 unspecified atom stereocenters. The molecule has 5 N–H and O–H groups in total. The fourth-order valence-electron chi connectivity index (χ4n) is 3.42. The predicted molar refractivity (Wildman–Crippen MR) is 77.7 cm³/mol. The molecular weight excluding hydrogens is 254 g/mol. The maximum Gasteiger partial charge on any atom is 0.225 e. The maximum absolute atomic E-state index is 5.65. The third-order valence-electron chi connectivity index (χ3n) is 4.29. The van der Waals surface area contributed by atoms with Crippen molar-refractivity contribution in [3.63, 3.8) is 0 Å². The van der Waals surface area contributed by atoms with Crippen LogP contribution in [0.3, 0.4) is 0 Å². The number of hydrogen-bond donors (Lipinski definition) is 3. The number of rotatable bonds is 3. The van der Waals surface area contributed by atoms with Crippen molar-refractivity contribution in [3.8, 4) is 0 Å². The van der Waals surface area contributed by atoms with E-state index in [4.69, 9.17) is 11.5 Å². The fourth-order valence-corrected chi connectivity index (χ4v) is 3.42. The molecule has 1 aromatic rings. The van der Waals surface area contributed by atoms with Crippen LogP contribution in [0.15, 0.2) is 0 Å². The third kappa shape index (κ3) is 2.99. The molecule has 0 spiro atoms. The molecule has 7 heteroatoms. The van der Waals surface area contributed by atoms with Crippen LogP contribution in [0.5, 0.6) is 0 Å². The highest BCUT2D eigenvalue weighted by Gasteiger charge is 2.31. The summed E-state index contributed by atoms with van der Waals surface area (Å²) in [7, 11) is 0. The quantitative estimate of drug-likeness (QED) is 0.721. The molecule has 0 aromatic carbocycles. The third-order valence-corrected chi connectivity index (χ3v) is 4.29. The molecule has 2 aliphatic rings. The molecule has 3 rings (SSSR count). The van der Waals surface area contributed by atoms with Gasteiger partial charge in [0.25, 0.3) is 0 Å². The molecule has 2 aliphatic heterocycles. The molecule has 0 amide bonds. The number of nitrogens with one attached hydrogen (secondary N) is 1. The van der Waals surface area contributed by atoms with E-state index in [0.717, 1.165) is 13.1 Å². The molecular formula is C13H23N7. The molecule has 20 heavy (non-hydrogen) atoms. The van der Waals surface area contributed by atoms with Crippen molar-refractivity contribution in [3.05, 3.63) is 5.82 Å². The van der Waals surface area contributed by atoms with Gasteiger partial charge in [-0.3, -0.25) is 4.90 Å². The number of hydrogen-bond acceptors (Lipinski definition) is 7. The van der Waals surface area contributed by atoms with E-state index in [0.29, 0.717) is 24.5 Å². The summed E-state index contributed by atoms with van der Waals surface area (Å²) in [5.41, 5.74) is 11.3. The zero-order valence-electron chi connectivity index (χ0n) is 11.8. The Kier molecular flexibility index (Phi) is 3.98. The molecule has 2 atom stereocenters. The Hall–Kier alpha value is -1.47. The van der Waals surface area contributed by atoms with Gasteiger partial charge in [0.1, 0.15) is 5.82 Å². The Morgan fingerprint density at radius 1 is 1.05 bits per heavy atom. The van der Waals surface area contributed by atoms with Crippen LogP contribution in [0.2, 0.25) is 0 Å². The average molecular weight is 277 g/mol. The fraction of sp³-hybridized carbons (Fsp3) is 0.769. The lowest BCUT2D eigenvalue weighted by atomic mass is 9.94. The number of aromatic nitrogens is 3. The van der Waals surface area contributed by atoms with E-state index >= 15 is 0 Å². The minimum atomic E-state index is 0.208. The molecule has 2 saturated heterocycles. The monoisotopic (exact) mass is 277 g/mol. The van der Waals surface area contributed by atoms with Gasteiger partial charge < -0.3 is 16.8 Å². The number of nitrogen functional groups attached to an aromatic ring is 2. The molecule has 0 saturated carbocycles. The van der Waals surface area contributed by atoms with Gasteiger partial charge in [-0.1, -0.05) is 6.42 Å². The lowest BCUT2D eigenvalue weighted by Crippen LogP contribution is -2.49. The maximum atomic E-state index is 5.65. The van der Waals surface area contributed by atoms with Crippen LogP contribution in [0.4, 0.5) is 11.9 Å². The molecule has 0 bridgehead atoms. The van der Waals surface area contributed by atoms with Gasteiger partial charge in [-0.05, 0) is 38.8 Å². The molecule has 1 aromatic heterocycles. The van der Waals surface area contributed by atoms with Crippen LogP contribution in [0.1, 0.15) is 37.9 Å². The summed E-state index contributed by atoms with van der Waals surface area (Å²) in [6.07, 6.45) is 6.33. The van der Waals surface area contributed by atoms with E-state index in [-0.39, 0.29) is 11.9 Å². The molecule has 7 nitrogen and oxygen atoms in total. The standard InChI is InChI=1S/C13H23N7/c14-12-17-11(18-13(15)19-12)8-20-7-2-1-5-10(20)9-4-3-6-16-9/h9-10,16H,1-8H2,(H4,14,15,17,18,19). The zero-order chi connectivity index (χ0) is 13.9. The van der Waals surface area contributed by atoms with Gasteiger partial charge >= 0.3 is 0 Å². The van der Waals surface area contributed by atoms with E-state index in [1.807, 2.05) is 0 Å².